The molecule has 3 aromatic rings. The first-order valence-electron chi connectivity index (χ1n) is 8.54. The molecule has 0 atom stereocenters. The lowest BCUT2D eigenvalue weighted by molar-refractivity contribution is -0.131. The van der Waals surface area contributed by atoms with Gasteiger partial charge in [-0.2, -0.15) is 0 Å². The Hall–Kier alpha value is -3.07. The van der Waals surface area contributed by atoms with Crippen LogP contribution in [0.25, 0.3) is 11.7 Å². The first-order valence-corrected chi connectivity index (χ1v) is 9.53. The summed E-state index contributed by atoms with van der Waals surface area (Å²) in [5, 5.41) is 10.9. The molecule has 0 saturated heterocycles. The van der Waals surface area contributed by atoms with E-state index >= 15 is 0 Å². The first kappa shape index (κ1) is 19.7. The quantitative estimate of drug-likeness (QED) is 0.608. The molecule has 0 unspecified atom stereocenters. The average Bonchev–Trinajstić information content (AvgIpc) is 3.34. The summed E-state index contributed by atoms with van der Waals surface area (Å²) < 4.78 is 10.6. The van der Waals surface area contributed by atoms with Crippen LogP contribution >= 0.6 is 11.8 Å². The summed E-state index contributed by atoms with van der Waals surface area (Å²) in [6, 6.07) is 9.21. The van der Waals surface area contributed by atoms with E-state index in [1.165, 1.54) is 11.2 Å². The molecule has 0 radical (unpaired) electrons. The maximum Gasteiger partial charge on any atom is 0.284 e. The Balaban J connectivity index is 1.50. The molecular weight excluding hydrogens is 380 g/mol. The fourth-order valence-corrected chi connectivity index (χ4v) is 3.20. The molecule has 0 aliphatic rings. The number of carbonyl (C=O) groups is 2. The summed E-state index contributed by atoms with van der Waals surface area (Å²) in [5.41, 5.74) is 2.72. The third-order valence-corrected chi connectivity index (χ3v) is 4.81. The van der Waals surface area contributed by atoms with Crippen LogP contribution < -0.4 is 5.32 Å². The Bertz CT molecular complexity index is 948. The lowest BCUT2D eigenvalue weighted by Gasteiger charge is -2.17. The van der Waals surface area contributed by atoms with Crippen LogP contribution in [0.1, 0.15) is 11.1 Å². The van der Waals surface area contributed by atoms with E-state index in [-0.39, 0.29) is 35.2 Å². The summed E-state index contributed by atoms with van der Waals surface area (Å²) in [4.78, 5) is 25.9. The van der Waals surface area contributed by atoms with Crippen LogP contribution in [0, 0.1) is 13.8 Å². The Kier molecular flexibility index (Phi) is 6.15. The van der Waals surface area contributed by atoms with Gasteiger partial charge in [-0.05, 0) is 37.1 Å². The lowest BCUT2D eigenvalue weighted by atomic mass is 10.1. The van der Waals surface area contributed by atoms with Gasteiger partial charge in [-0.3, -0.25) is 9.59 Å². The van der Waals surface area contributed by atoms with Gasteiger partial charge >= 0.3 is 0 Å². The number of nitrogens with one attached hydrogen (secondary N) is 1. The molecular formula is C19H20N4O4S. The van der Waals surface area contributed by atoms with Gasteiger partial charge in [0.25, 0.3) is 11.1 Å². The minimum atomic E-state index is -0.254. The Morgan fingerprint density at radius 1 is 1.14 bits per heavy atom. The number of amides is 2. The number of benzene rings is 1. The monoisotopic (exact) mass is 400 g/mol. The summed E-state index contributed by atoms with van der Waals surface area (Å²) in [6.45, 7) is 3.81. The highest BCUT2D eigenvalue weighted by atomic mass is 32.2. The fraction of sp³-hybridized carbons (Fsp3) is 0.263. The maximum atomic E-state index is 12.3. The van der Waals surface area contributed by atoms with Crippen LogP contribution in [0.15, 0.2) is 50.7 Å². The highest BCUT2D eigenvalue weighted by Crippen LogP contribution is 2.23. The second kappa shape index (κ2) is 8.75. The predicted octanol–water partition coefficient (Wildman–Crippen LogP) is 3.14. The molecule has 0 aliphatic carbocycles. The molecule has 1 N–H and O–H groups in total. The van der Waals surface area contributed by atoms with Crippen molar-refractivity contribution < 1.29 is 18.4 Å². The zero-order valence-corrected chi connectivity index (χ0v) is 16.6. The van der Waals surface area contributed by atoms with E-state index in [0.29, 0.717) is 5.76 Å². The van der Waals surface area contributed by atoms with E-state index < -0.39 is 0 Å². The number of rotatable bonds is 7. The van der Waals surface area contributed by atoms with Gasteiger partial charge in [0, 0.05) is 12.7 Å². The molecule has 0 bridgehead atoms. The molecule has 2 heterocycles. The van der Waals surface area contributed by atoms with Crippen LogP contribution in [0.2, 0.25) is 0 Å². The van der Waals surface area contributed by atoms with Crippen molar-refractivity contribution in [2.24, 2.45) is 0 Å². The average molecular weight is 400 g/mol. The highest BCUT2D eigenvalue weighted by Gasteiger charge is 2.17. The van der Waals surface area contributed by atoms with Gasteiger partial charge in [0.2, 0.25) is 11.8 Å². The standard InChI is InChI=1S/C19H20N4O4S/c1-12-6-4-7-13(2)17(12)20-15(24)10-23(3)16(25)11-28-19-22-21-18(27-19)14-8-5-9-26-14/h4-9H,10-11H2,1-3H3,(H,20,24). The molecule has 3 rings (SSSR count). The number of hydrogen-bond donors (Lipinski definition) is 1. The summed E-state index contributed by atoms with van der Waals surface area (Å²) in [6.07, 6.45) is 1.51. The number of thioether (sulfide) groups is 1. The SMILES string of the molecule is Cc1cccc(C)c1NC(=O)CN(C)C(=O)CSc1nnc(-c2ccco2)o1. The van der Waals surface area contributed by atoms with Crippen LogP contribution in [-0.2, 0) is 9.59 Å². The normalized spacial score (nSPS) is 10.7. The number of para-hydroxylation sites is 1. The van der Waals surface area contributed by atoms with E-state index in [4.69, 9.17) is 8.83 Å². The minimum absolute atomic E-state index is 0.0470. The van der Waals surface area contributed by atoms with Crippen molar-refractivity contribution in [1.29, 1.82) is 0 Å². The van der Waals surface area contributed by atoms with Crippen LogP contribution in [0.5, 0.6) is 0 Å². The van der Waals surface area contributed by atoms with Crippen LogP contribution in [0.4, 0.5) is 5.69 Å². The summed E-state index contributed by atoms with van der Waals surface area (Å²) >= 11 is 1.11. The van der Waals surface area contributed by atoms with Crippen molar-refractivity contribution in [2.75, 3.05) is 24.7 Å². The van der Waals surface area contributed by atoms with E-state index in [1.54, 1.807) is 19.2 Å². The molecule has 0 fully saturated rings. The van der Waals surface area contributed by atoms with Crippen molar-refractivity contribution in [3.8, 4) is 11.7 Å². The van der Waals surface area contributed by atoms with E-state index in [1.807, 2.05) is 32.0 Å². The van der Waals surface area contributed by atoms with Gasteiger partial charge in [0.15, 0.2) is 5.76 Å². The van der Waals surface area contributed by atoms with Crippen LogP contribution in [-0.4, -0.2) is 46.3 Å². The molecule has 9 heteroatoms. The Labute approximate surface area is 166 Å². The van der Waals surface area contributed by atoms with Gasteiger partial charge in [-0.25, -0.2) is 0 Å². The number of carbonyl (C=O) groups excluding carboxylic acids is 2. The maximum absolute atomic E-state index is 12.3. The molecule has 0 spiro atoms. The highest BCUT2D eigenvalue weighted by molar-refractivity contribution is 7.99. The third kappa shape index (κ3) is 4.80. The largest absolute Gasteiger partial charge is 0.459 e. The van der Waals surface area contributed by atoms with Gasteiger partial charge in [-0.15, -0.1) is 10.2 Å². The van der Waals surface area contributed by atoms with Crippen molar-refractivity contribution in [1.82, 2.24) is 15.1 Å². The van der Waals surface area contributed by atoms with Crippen molar-refractivity contribution >= 4 is 29.3 Å². The molecule has 0 aliphatic heterocycles. The predicted molar refractivity (Wildman–Crippen MR) is 105 cm³/mol. The number of anilines is 1. The smallest absolute Gasteiger partial charge is 0.284 e. The molecule has 146 valence electrons. The lowest BCUT2D eigenvalue weighted by Crippen LogP contribution is -2.36. The Morgan fingerprint density at radius 3 is 2.57 bits per heavy atom. The van der Waals surface area contributed by atoms with Gasteiger partial charge in [0.1, 0.15) is 0 Å². The van der Waals surface area contributed by atoms with E-state index in [0.717, 1.165) is 28.6 Å². The molecule has 0 saturated carbocycles. The van der Waals surface area contributed by atoms with Crippen molar-refractivity contribution in [3.63, 3.8) is 0 Å². The number of aromatic nitrogens is 2. The first-order chi connectivity index (χ1) is 13.4. The Morgan fingerprint density at radius 2 is 1.89 bits per heavy atom. The molecule has 2 amide bonds. The molecule has 1 aromatic carbocycles. The zero-order chi connectivity index (χ0) is 20.1. The van der Waals surface area contributed by atoms with Gasteiger partial charge in [-0.1, -0.05) is 30.0 Å². The number of furan rings is 1. The number of hydrogen-bond acceptors (Lipinski definition) is 7. The van der Waals surface area contributed by atoms with Crippen LogP contribution in [0.3, 0.4) is 0 Å². The zero-order valence-electron chi connectivity index (χ0n) is 15.8. The van der Waals surface area contributed by atoms with Crippen molar-refractivity contribution in [3.05, 3.63) is 47.7 Å². The minimum Gasteiger partial charge on any atom is -0.459 e. The van der Waals surface area contributed by atoms with Gasteiger partial charge in [0.05, 0.1) is 18.6 Å². The summed E-state index contributed by atoms with van der Waals surface area (Å²) in [5.74, 6) is 0.315. The third-order valence-electron chi connectivity index (χ3n) is 4.01. The topological polar surface area (TPSA) is 101 Å². The number of nitrogens with zero attached hydrogens (tertiary/aromatic N) is 3. The number of likely N-dealkylation sites (N-methyl/N-ethyl adjacent to an activating group) is 1. The molecule has 8 nitrogen and oxygen atoms in total. The van der Waals surface area contributed by atoms with E-state index in [2.05, 4.69) is 15.5 Å². The fourth-order valence-electron chi connectivity index (χ4n) is 2.50. The second-order valence-electron chi connectivity index (χ2n) is 6.20. The van der Waals surface area contributed by atoms with E-state index in [9.17, 15) is 9.59 Å². The molecule has 2 aromatic heterocycles. The summed E-state index contributed by atoms with van der Waals surface area (Å²) in [7, 11) is 1.58. The molecule has 28 heavy (non-hydrogen) atoms. The van der Waals surface area contributed by atoms with Gasteiger partial charge < -0.3 is 19.1 Å². The van der Waals surface area contributed by atoms with Crippen molar-refractivity contribution in [2.45, 2.75) is 19.1 Å². The number of aryl methyl sites for hydroxylation is 2. The second-order valence-corrected chi connectivity index (χ2v) is 7.13.